The zero-order valence-corrected chi connectivity index (χ0v) is 23.9. The van der Waals surface area contributed by atoms with E-state index < -0.39 is 59.0 Å². The number of anilines is 2. The molecule has 3 aromatic heterocycles. The number of hydrogen-bond donors (Lipinski definition) is 1. The van der Waals surface area contributed by atoms with E-state index in [0.717, 1.165) is 4.88 Å². The number of aryl methyl sites for hydroxylation is 2. The molecule has 42 heavy (non-hydrogen) atoms. The summed E-state index contributed by atoms with van der Waals surface area (Å²) < 4.78 is 101. The standard InChI is InChI=1S/C25H27F5N6O4S2/c1-35-20(7-21(34-35)40-23(27)28)32-24-33-31-11-36(24)13-2-3-18-15(4-13)22(19(41-18)6-17(37)14-5-16(14)26)42(38,39)10-12-8-25(29,30)9-12/h7,11-14,16,23H,2-6,8-10H2,1H3,(H,32,33)/t13-,14-,16-/m0/s1. The molecule has 10 nitrogen and oxygen atoms in total. The fraction of sp³-hybridized carbons (Fsp3) is 0.600. The third-order valence-electron chi connectivity index (χ3n) is 7.93. The van der Waals surface area contributed by atoms with Gasteiger partial charge in [-0.15, -0.1) is 26.6 Å². The number of alkyl halides is 5. The molecule has 0 aliphatic heterocycles. The average molecular weight is 635 g/mol. The molecule has 0 bridgehead atoms. The van der Waals surface area contributed by atoms with E-state index in [0.29, 0.717) is 29.1 Å². The first-order valence-corrected chi connectivity index (χ1v) is 15.8. The Morgan fingerprint density at radius 3 is 2.71 bits per heavy atom. The number of ether oxygens (including phenoxy) is 1. The van der Waals surface area contributed by atoms with Crippen LogP contribution in [0.3, 0.4) is 0 Å². The molecule has 2 fully saturated rings. The lowest BCUT2D eigenvalue weighted by molar-refractivity contribution is -0.120. The summed E-state index contributed by atoms with van der Waals surface area (Å²) in [4.78, 5) is 13.8. The normalized spacial score (nSPS) is 23.5. The summed E-state index contributed by atoms with van der Waals surface area (Å²) in [5.74, 6) is -4.86. The highest BCUT2D eigenvalue weighted by atomic mass is 32.2. The largest absolute Gasteiger partial charge is 0.415 e. The quantitative estimate of drug-likeness (QED) is 0.308. The maximum Gasteiger partial charge on any atom is 0.388 e. The first-order chi connectivity index (χ1) is 19.8. The number of fused-ring (bicyclic) bond motifs is 1. The summed E-state index contributed by atoms with van der Waals surface area (Å²) >= 11 is 1.22. The molecule has 0 saturated heterocycles. The number of carbonyl (C=O) groups is 1. The van der Waals surface area contributed by atoms with Gasteiger partial charge in [0.25, 0.3) is 0 Å². The lowest BCUT2D eigenvalue weighted by Gasteiger charge is -2.34. The van der Waals surface area contributed by atoms with Crippen LogP contribution < -0.4 is 10.1 Å². The van der Waals surface area contributed by atoms with Crippen molar-refractivity contribution in [2.24, 2.45) is 18.9 Å². The molecule has 3 atom stereocenters. The lowest BCUT2D eigenvalue weighted by Crippen LogP contribution is -2.39. The van der Waals surface area contributed by atoms with Crippen LogP contribution in [0.5, 0.6) is 5.88 Å². The fourth-order valence-corrected chi connectivity index (χ4v) is 9.66. The number of carbonyl (C=O) groups excluding carboxylic acids is 1. The predicted octanol–water partition coefficient (Wildman–Crippen LogP) is 4.44. The molecule has 17 heteroatoms. The Morgan fingerprint density at radius 1 is 1.31 bits per heavy atom. The van der Waals surface area contributed by atoms with Crippen molar-refractivity contribution < 1.29 is 39.9 Å². The zero-order valence-electron chi connectivity index (χ0n) is 22.3. The summed E-state index contributed by atoms with van der Waals surface area (Å²) in [6.07, 6.45) is 0.432. The van der Waals surface area contributed by atoms with E-state index >= 15 is 0 Å². The number of thiophene rings is 1. The molecule has 0 spiro atoms. The van der Waals surface area contributed by atoms with Gasteiger partial charge in [0.2, 0.25) is 17.8 Å². The maximum absolute atomic E-state index is 13.7. The van der Waals surface area contributed by atoms with Crippen LogP contribution in [0.25, 0.3) is 0 Å². The Labute approximate surface area is 241 Å². The van der Waals surface area contributed by atoms with Gasteiger partial charge in [-0.25, -0.2) is 26.3 Å². The molecule has 3 aliphatic carbocycles. The SMILES string of the molecule is Cn1nc(OC(F)F)cc1Nc1nncn1[C@H]1CCc2sc(CC(=O)[C@H]3C[C@@H]3F)c(S(=O)(=O)CC3CC(F)(F)C3)c2C1. The van der Waals surface area contributed by atoms with Gasteiger partial charge in [0.1, 0.15) is 24.1 Å². The molecular formula is C25H27F5N6O4S2. The van der Waals surface area contributed by atoms with Crippen molar-refractivity contribution in [3.8, 4) is 5.88 Å². The number of halogens is 5. The van der Waals surface area contributed by atoms with Crippen LogP contribution in [0.15, 0.2) is 17.3 Å². The van der Waals surface area contributed by atoms with Gasteiger partial charge >= 0.3 is 6.61 Å². The second-order valence-electron chi connectivity index (χ2n) is 11.1. The lowest BCUT2D eigenvalue weighted by atomic mass is 9.83. The molecule has 0 radical (unpaired) electrons. The highest BCUT2D eigenvalue weighted by Crippen LogP contribution is 2.47. The number of nitrogens with one attached hydrogen (secondary N) is 1. The van der Waals surface area contributed by atoms with E-state index in [1.54, 1.807) is 4.57 Å². The van der Waals surface area contributed by atoms with Crippen molar-refractivity contribution in [1.82, 2.24) is 24.5 Å². The minimum absolute atomic E-state index is 0.00910. The van der Waals surface area contributed by atoms with E-state index in [1.807, 2.05) is 0 Å². The van der Waals surface area contributed by atoms with Crippen LogP contribution >= 0.6 is 11.3 Å². The molecule has 0 unspecified atom stereocenters. The molecule has 6 rings (SSSR count). The molecule has 3 aromatic rings. The van der Waals surface area contributed by atoms with Crippen molar-refractivity contribution in [1.29, 1.82) is 0 Å². The molecule has 3 aliphatic rings. The van der Waals surface area contributed by atoms with Crippen molar-refractivity contribution in [3.63, 3.8) is 0 Å². The summed E-state index contributed by atoms with van der Waals surface area (Å²) in [5.41, 5.74) is 0.533. The number of hydrogen-bond acceptors (Lipinski definition) is 9. The Morgan fingerprint density at radius 2 is 2.05 bits per heavy atom. The van der Waals surface area contributed by atoms with Crippen LogP contribution in [0.1, 0.15) is 47.0 Å². The summed E-state index contributed by atoms with van der Waals surface area (Å²) in [6, 6.07) is 0.946. The average Bonchev–Trinajstić information content (AvgIpc) is 3.16. The highest BCUT2D eigenvalue weighted by Gasteiger charge is 2.48. The van der Waals surface area contributed by atoms with E-state index in [9.17, 15) is 35.2 Å². The Kier molecular flexibility index (Phi) is 7.30. The van der Waals surface area contributed by atoms with Crippen molar-refractivity contribution in [2.75, 3.05) is 11.1 Å². The second kappa shape index (κ2) is 10.6. The van der Waals surface area contributed by atoms with Gasteiger partial charge in [-0.1, -0.05) is 0 Å². The number of Topliss-reactive ketones (excluding diaryl/α,β-unsaturated/α-hetero) is 1. The first-order valence-electron chi connectivity index (χ1n) is 13.4. The van der Waals surface area contributed by atoms with Crippen molar-refractivity contribution in [2.45, 2.75) is 74.6 Å². The summed E-state index contributed by atoms with van der Waals surface area (Å²) in [6.45, 7) is -3.05. The minimum atomic E-state index is -4.04. The van der Waals surface area contributed by atoms with Crippen LogP contribution in [0.4, 0.5) is 33.7 Å². The van der Waals surface area contributed by atoms with Gasteiger partial charge in [0, 0.05) is 48.2 Å². The van der Waals surface area contributed by atoms with Crippen LogP contribution in [0, 0.1) is 11.8 Å². The van der Waals surface area contributed by atoms with Gasteiger partial charge < -0.3 is 10.1 Å². The molecule has 1 N–H and O–H groups in total. The molecular weight excluding hydrogens is 607 g/mol. The number of aromatic nitrogens is 5. The zero-order chi connectivity index (χ0) is 30.0. The van der Waals surface area contributed by atoms with Gasteiger partial charge in [0.15, 0.2) is 9.84 Å². The molecule has 228 valence electrons. The van der Waals surface area contributed by atoms with E-state index in [2.05, 4.69) is 25.3 Å². The van der Waals surface area contributed by atoms with E-state index in [-0.39, 0.29) is 47.8 Å². The molecule has 2 saturated carbocycles. The summed E-state index contributed by atoms with van der Waals surface area (Å²) in [7, 11) is -2.52. The maximum atomic E-state index is 13.7. The summed E-state index contributed by atoms with van der Waals surface area (Å²) in [5, 5.41) is 14.9. The minimum Gasteiger partial charge on any atom is -0.415 e. The number of sulfone groups is 1. The Hall–Kier alpha value is -3.08. The number of nitrogens with zero attached hydrogens (tertiary/aromatic N) is 5. The first kappa shape index (κ1) is 29.0. The van der Waals surface area contributed by atoms with Crippen LogP contribution in [-0.2, 0) is 40.9 Å². The van der Waals surface area contributed by atoms with Crippen molar-refractivity contribution in [3.05, 3.63) is 27.7 Å². The van der Waals surface area contributed by atoms with Gasteiger partial charge in [-0.2, -0.15) is 8.78 Å². The smallest absolute Gasteiger partial charge is 0.388 e. The Bertz CT molecular complexity index is 1610. The van der Waals surface area contributed by atoms with E-state index in [4.69, 9.17) is 0 Å². The molecule has 0 aromatic carbocycles. The van der Waals surface area contributed by atoms with E-state index in [1.165, 1.54) is 35.5 Å². The predicted molar refractivity (Wildman–Crippen MR) is 140 cm³/mol. The third kappa shape index (κ3) is 5.76. The fourth-order valence-electron chi connectivity index (χ4n) is 5.81. The third-order valence-corrected chi connectivity index (χ3v) is 11.4. The topological polar surface area (TPSA) is 121 Å². The van der Waals surface area contributed by atoms with Crippen LogP contribution in [0.2, 0.25) is 0 Å². The number of rotatable bonds is 11. The highest BCUT2D eigenvalue weighted by molar-refractivity contribution is 7.91. The van der Waals surface area contributed by atoms with Gasteiger partial charge in [-0.3, -0.25) is 9.36 Å². The van der Waals surface area contributed by atoms with Gasteiger partial charge in [-0.05, 0) is 37.2 Å². The number of ketones is 1. The molecule has 0 amide bonds. The second-order valence-corrected chi connectivity index (χ2v) is 14.3. The Balaban J connectivity index is 1.28. The van der Waals surface area contributed by atoms with Gasteiger partial charge in [0.05, 0.1) is 16.6 Å². The molecule has 3 heterocycles. The van der Waals surface area contributed by atoms with Crippen molar-refractivity contribution >= 4 is 38.7 Å². The monoisotopic (exact) mass is 634 g/mol. The van der Waals surface area contributed by atoms with Crippen LogP contribution in [-0.4, -0.2) is 63.2 Å².